The van der Waals surface area contributed by atoms with Crippen LogP contribution >= 0.6 is 0 Å². The van der Waals surface area contributed by atoms with Crippen LogP contribution in [0.1, 0.15) is 22.3 Å². The molecule has 0 bridgehead atoms. The second-order valence-corrected chi connectivity index (χ2v) is 6.00. The van der Waals surface area contributed by atoms with Gasteiger partial charge in [-0.3, -0.25) is 9.69 Å². The summed E-state index contributed by atoms with van der Waals surface area (Å²) in [4.78, 5) is 16.6. The molecule has 3 rings (SSSR count). The molecule has 1 amide bonds. The number of nitrogens with zero attached hydrogens (tertiary/aromatic N) is 3. The first-order valence-electron chi connectivity index (χ1n) is 8.07. The molecule has 2 heterocycles. The van der Waals surface area contributed by atoms with Crippen LogP contribution < -0.4 is 4.73 Å². The van der Waals surface area contributed by atoms with Gasteiger partial charge in [-0.1, -0.05) is 12.1 Å². The molecule has 2 aromatic rings. The Kier molecular flexibility index (Phi) is 5.05. The molecule has 0 spiro atoms. The van der Waals surface area contributed by atoms with Gasteiger partial charge in [0, 0.05) is 38.8 Å². The predicted octanol–water partition coefficient (Wildman–Crippen LogP) is 1.81. The van der Waals surface area contributed by atoms with Gasteiger partial charge in [-0.25, -0.2) is 4.39 Å². The summed E-state index contributed by atoms with van der Waals surface area (Å²) in [5, 5.41) is 11.3. The van der Waals surface area contributed by atoms with Crippen LogP contribution in [0.25, 0.3) is 0 Å². The third-order valence-corrected chi connectivity index (χ3v) is 4.22. The zero-order chi connectivity index (χ0) is 16.9. The van der Waals surface area contributed by atoms with Gasteiger partial charge in [0.1, 0.15) is 11.4 Å². The first-order valence-corrected chi connectivity index (χ1v) is 8.07. The number of pyridine rings is 1. The summed E-state index contributed by atoms with van der Waals surface area (Å²) in [6.07, 6.45) is 3.55. The van der Waals surface area contributed by atoms with E-state index in [-0.39, 0.29) is 11.7 Å². The van der Waals surface area contributed by atoms with Gasteiger partial charge in [-0.05, 0) is 30.2 Å². The lowest BCUT2D eigenvalue weighted by Gasteiger charge is -2.22. The van der Waals surface area contributed by atoms with Crippen LogP contribution in [0.2, 0.25) is 0 Å². The number of carbonyl (C=O) groups excluding carboxylic acids is 1. The molecule has 0 atom stereocenters. The highest BCUT2D eigenvalue weighted by molar-refractivity contribution is 5.93. The van der Waals surface area contributed by atoms with Crippen molar-refractivity contribution in [1.82, 2.24) is 9.80 Å². The Morgan fingerprint density at radius 1 is 1.12 bits per heavy atom. The summed E-state index contributed by atoms with van der Waals surface area (Å²) < 4.78 is 13.6. The van der Waals surface area contributed by atoms with Crippen molar-refractivity contribution in [1.29, 1.82) is 0 Å². The summed E-state index contributed by atoms with van der Waals surface area (Å²) in [6, 6.07) is 9.77. The first-order chi connectivity index (χ1) is 11.6. The van der Waals surface area contributed by atoms with E-state index in [2.05, 4.69) is 4.90 Å². The van der Waals surface area contributed by atoms with Gasteiger partial charge in [0.15, 0.2) is 12.4 Å². The van der Waals surface area contributed by atoms with E-state index < -0.39 is 0 Å². The Hall–Kier alpha value is -2.47. The fourth-order valence-corrected chi connectivity index (χ4v) is 2.94. The molecular weight excluding hydrogens is 309 g/mol. The molecule has 24 heavy (non-hydrogen) atoms. The van der Waals surface area contributed by atoms with Crippen LogP contribution in [-0.4, -0.2) is 41.9 Å². The van der Waals surface area contributed by atoms with E-state index >= 15 is 0 Å². The van der Waals surface area contributed by atoms with Gasteiger partial charge < -0.3 is 10.1 Å². The zero-order valence-electron chi connectivity index (χ0n) is 13.4. The van der Waals surface area contributed by atoms with E-state index in [1.165, 1.54) is 24.5 Å². The van der Waals surface area contributed by atoms with Gasteiger partial charge in [-0.15, -0.1) is 0 Å². The van der Waals surface area contributed by atoms with Crippen molar-refractivity contribution in [2.45, 2.75) is 13.0 Å². The Bertz CT molecular complexity index is 706. The van der Waals surface area contributed by atoms with Crippen molar-refractivity contribution >= 4 is 5.91 Å². The Balaban J connectivity index is 1.60. The van der Waals surface area contributed by atoms with E-state index in [1.807, 2.05) is 0 Å². The minimum absolute atomic E-state index is 0.108. The molecule has 5 nitrogen and oxygen atoms in total. The van der Waals surface area contributed by atoms with Gasteiger partial charge >= 0.3 is 0 Å². The largest absolute Gasteiger partial charge is 0.619 e. The number of aromatic nitrogens is 1. The molecule has 0 aliphatic carbocycles. The van der Waals surface area contributed by atoms with E-state index in [4.69, 9.17) is 0 Å². The quantitative estimate of drug-likeness (QED) is 0.637. The van der Waals surface area contributed by atoms with Crippen LogP contribution in [0.4, 0.5) is 4.39 Å². The van der Waals surface area contributed by atoms with Crippen molar-refractivity contribution in [3.63, 3.8) is 0 Å². The van der Waals surface area contributed by atoms with Gasteiger partial charge in [-0.2, -0.15) is 4.73 Å². The maximum absolute atomic E-state index is 13.0. The predicted molar refractivity (Wildman–Crippen MR) is 87.6 cm³/mol. The number of hydrogen-bond donors (Lipinski definition) is 0. The molecule has 1 aliphatic heterocycles. The third-order valence-electron chi connectivity index (χ3n) is 4.22. The monoisotopic (exact) mass is 329 g/mol. The fraction of sp³-hybridized carbons (Fsp3) is 0.333. The number of carbonyl (C=O) groups is 1. The summed E-state index contributed by atoms with van der Waals surface area (Å²) in [7, 11) is 0. The van der Waals surface area contributed by atoms with Gasteiger partial charge in [0.2, 0.25) is 0 Å². The van der Waals surface area contributed by atoms with Crippen molar-refractivity contribution in [2.75, 3.05) is 26.2 Å². The molecule has 1 aromatic carbocycles. The summed E-state index contributed by atoms with van der Waals surface area (Å²) in [5.74, 6) is -0.339. The van der Waals surface area contributed by atoms with Crippen molar-refractivity contribution in [2.24, 2.45) is 0 Å². The molecular formula is C18H20FN3O2. The zero-order valence-corrected chi connectivity index (χ0v) is 13.4. The topological polar surface area (TPSA) is 50.5 Å². The fourth-order valence-electron chi connectivity index (χ4n) is 2.94. The molecule has 1 aromatic heterocycles. The maximum Gasteiger partial charge on any atom is 0.260 e. The number of hydrogen-bond acceptors (Lipinski definition) is 3. The Morgan fingerprint density at radius 3 is 2.67 bits per heavy atom. The number of amides is 1. The van der Waals surface area contributed by atoms with Crippen LogP contribution in [0.15, 0.2) is 48.8 Å². The van der Waals surface area contributed by atoms with E-state index in [1.54, 1.807) is 29.2 Å². The molecule has 0 unspecified atom stereocenters. The summed E-state index contributed by atoms with van der Waals surface area (Å²) in [6.45, 7) is 3.68. The lowest BCUT2D eigenvalue weighted by Crippen LogP contribution is -2.36. The average Bonchev–Trinajstić information content (AvgIpc) is 2.82. The van der Waals surface area contributed by atoms with Crippen molar-refractivity contribution in [3.05, 3.63) is 70.9 Å². The molecule has 0 N–H and O–H groups in total. The molecule has 1 saturated heterocycles. The number of halogens is 1. The minimum Gasteiger partial charge on any atom is -0.619 e. The van der Waals surface area contributed by atoms with Crippen molar-refractivity contribution < 1.29 is 13.9 Å². The van der Waals surface area contributed by atoms with E-state index in [0.29, 0.717) is 23.4 Å². The standard InChI is InChI=1S/C18H20FN3O2/c19-17-6-4-15(5-7-17)13-20-8-2-9-21(12-11-20)18(23)16-3-1-10-22(24)14-16/h1,3-7,10,14H,2,8-9,11-13H2. The normalized spacial score (nSPS) is 16.0. The number of benzene rings is 1. The lowest BCUT2D eigenvalue weighted by molar-refractivity contribution is -0.605. The smallest absolute Gasteiger partial charge is 0.260 e. The Labute approximate surface area is 140 Å². The van der Waals surface area contributed by atoms with E-state index in [9.17, 15) is 14.4 Å². The summed E-state index contributed by atoms with van der Waals surface area (Å²) >= 11 is 0. The molecule has 1 fully saturated rings. The minimum atomic E-state index is -0.232. The van der Waals surface area contributed by atoms with Crippen molar-refractivity contribution in [3.8, 4) is 0 Å². The van der Waals surface area contributed by atoms with Crippen LogP contribution in [-0.2, 0) is 6.54 Å². The lowest BCUT2D eigenvalue weighted by atomic mass is 10.2. The highest BCUT2D eigenvalue weighted by Gasteiger charge is 2.21. The van der Waals surface area contributed by atoms with E-state index in [0.717, 1.165) is 31.6 Å². The third kappa shape index (κ3) is 4.08. The SMILES string of the molecule is O=C(c1ccc[n+]([O-])c1)N1CCCN(Cc2ccc(F)cc2)CC1. The maximum atomic E-state index is 13.0. The highest BCUT2D eigenvalue weighted by atomic mass is 19.1. The second kappa shape index (κ2) is 7.40. The van der Waals surface area contributed by atoms with Crippen LogP contribution in [0, 0.1) is 11.0 Å². The number of rotatable bonds is 3. The van der Waals surface area contributed by atoms with Crippen LogP contribution in [0.5, 0.6) is 0 Å². The second-order valence-electron chi connectivity index (χ2n) is 6.00. The Morgan fingerprint density at radius 2 is 1.92 bits per heavy atom. The summed E-state index contributed by atoms with van der Waals surface area (Å²) in [5.41, 5.74) is 1.48. The van der Waals surface area contributed by atoms with Gasteiger partial charge in [0.25, 0.3) is 5.91 Å². The molecule has 0 saturated carbocycles. The molecule has 1 aliphatic rings. The molecule has 0 radical (unpaired) electrons. The molecule has 126 valence electrons. The van der Waals surface area contributed by atoms with Crippen LogP contribution in [0.3, 0.4) is 0 Å². The first kappa shape index (κ1) is 16.4. The molecule has 6 heteroatoms. The van der Waals surface area contributed by atoms with Gasteiger partial charge in [0.05, 0.1) is 0 Å². The average molecular weight is 329 g/mol. The highest BCUT2D eigenvalue weighted by Crippen LogP contribution is 2.12.